The average molecular weight is 386 g/mol. The van der Waals surface area contributed by atoms with Crippen molar-refractivity contribution in [1.29, 1.82) is 0 Å². The van der Waals surface area contributed by atoms with E-state index in [-0.39, 0.29) is 22.3 Å². The lowest BCUT2D eigenvalue weighted by Gasteiger charge is -2.28. The summed E-state index contributed by atoms with van der Waals surface area (Å²) in [5, 5.41) is 0.0914. The molecule has 1 amide bonds. The summed E-state index contributed by atoms with van der Waals surface area (Å²) in [5.41, 5.74) is 2.71. The summed E-state index contributed by atoms with van der Waals surface area (Å²) in [6.07, 6.45) is 2.25. The summed E-state index contributed by atoms with van der Waals surface area (Å²) < 4.78 is 26.3. The number of carbonyl (C=O) groups excluding carboxylic acids is 1. The van der Waals surface area contributed by atoms with Crippen molar-refractivity contribution in [3.8, 4) is 11.4 Å². The molecule has 0 spiro atoms. The van der Waals surface area contributed by atoms with Gasteiger partial charge in [-0.15, -0.1) is 0 Å². The van der Waals surface area contributed by atoms with E-state index in [1.165, 1.54) is 24.3 Å². The molecule has 0 radical (unpaired) electrons. The largest absolute Gasteiger partial charge is 0.334 e. The minimum Gasteiger partial charge on any atom is -0.334 e. The van der Waals surface area contributed by atoms with E-state index in [0.717, 1.165) is 22.9 Å². The smallest absolute Gasteiger partial charge is 0.255 e. The molecule has 1 aliphatic rings. The van der Waals surface area contributed by atoms with Crippen molar-refractivity contribution in [3.63, 3.8) is 0 Å². The molecular formula is C20H14ClF2N3O. The number of hydrogen-bond donors (Lipinski definition) is 0. The fourth-order valence-electron chi connectivity index (χ4n) is 3.06. The number of fused-ring (bicyclic) bond motifs is 1. The Morgan fingerprint density at radius 3 is 2.56 bits per heavy atom. The Bertz CT molecular complexity index is 1020. The van der Waals surface area contributed by atoms with Crippen molar-refractivity contribution >= 4 is 17.5 Å². The highest BCUT2D eigenvalue weighted by Gasteiger charge is 2.25. The normalized spacial score (nSPS) is 13.4. The van der Waals surface area contributed by atoms with Gasteiger partial charge >= 0.3 is 0 Å². The molecule has 0 saturated carbocycles. The lowest BCUT2D eigenvalue weighted by Crippen LogP contribution is -2.36. The molecule has 1 aliphatic heterocycles. The summed E-state index contributed by atoms with van der Waals surface area (Å²) in [5.74, 6) is -0.532. The number of halogens is 3. The highest BCUT2D eigenvalue weighted by Crippen LogP contribution is 2.24. The SMILES string of the molecule is O=C(c1ccc(F)cc1Cl)N1CCc2nc(-c3ccc(F)cc3)ncc2C1. The van der Waals surface area contributed by atoms with Gasteiger partial charge < -0.3 is 4.90 Å². The quantitative estimate of drug-likeness (QED) is 0.661. The van der Waals surface area contributed by atoms with Gasteiger partial charge in [-0.2, -0.15) is 0 Å². The van der Waals surface area contributed by atoms with Crippen LogP contribution in [0.5, 0.6) is 0 Å². The molecule has 3 aromatic rings. The predicted molar refractivity (Wildman–Crippen MR) is 97.3 cm³/mol. The van der Waals surface area contributed by atoms with Crippen molar-refractivity contribution in [2.75, 3.05) is 6.54 Å². The zero-order valence-corrected chi connectivity index (χ0v) is 14.9. The van der Waals surface area contributed by atoms with Gasteiger partial charge in [0.1, 0.15) is 11.6 Å². The molecule has 2 heterocycles. The third kappa shape index (κ3) is 3.53. The van der Waals surface area contributed by atoms with Crippen LogP contribution in [-0.4, -0.2) is 27.3 Å². The average Bonchev–Trinajstić information content (AvgIpc) is 2.67. The second-order valence-electron chi connectivity index (χ2n) is 6.27. The number of benzene rings is 2. The molecule has 7 heteroatoms. The molecule has 0 saturated heterocycles. The summed E-state index contributed by atoms with van der Waals surface area (Å²) in [7, 11) is 0. The van der Waals surface area contributed by atoms with Gasteiger partial charge in [-0.1, -0.05) is 11.6 Å². The molecule has 0 fully saturated rings. The molecule has 0 aliphatic carbocycles. The van der Waals surface area contributed by atoms with Crippen LogP contribution < -0.4 is 0 Å². The van der Waals surface area contributed by atoms with Crippen molar-refractivity contribution in [2.24, 2.45) is 0 Å². The van der Waals surface area contributed by atoms with Crippen molar-refractivity contribution < 1.29 is 13.6 Å². The Morgan fingerprint density at radius 1 is 1.07 bits per heavy atom. The first kappa shape index (κ1) is 17.5. The van der Waals surface area contributed by atoms with E-state index in [4.69, 9.17) is 11.6 Å². The Labute approximate surface area is 159 Å². The molecule has 0 atom stereocenters. The maximum Gasteiger partial charge on any atom is 0.255 e. The van der Waals surface area contributed by atoms with Gasteiger partial charge in [0.15, 0.2) is 5.82 Å². The van der Waals surface area contributed by atoms with Crippen LogP contribution in [0.3, 0.4) is 0 Å². The molecule has 27 heavy (non-hydrogen) atoms. The first-order chi connectivity index (χ1) is 13.0. The van der Waals surface area contributed by atoms with Gasteiger partial charge in [-0.3, -0.25) is 4.79 Å². The van der Waals surface area contributed by atoms with E-state index in [1.807, 2.05) is 0 Å². The lowest BCUT2D eigenvalue weighted by atomic mass is 10.1. The van der Waals surface area contributed by atoms with Crippen LogP contribution in [0.2, 0.25) is 5.02 Å². The number of carbonyl (C=O) groups is 1. The highest BCUT2D eigenvalue weighted by molar-refractivity contribution is 6.33. The van der Waals surface area contributed by atoms with Crippen LogP contribution in [0.4, 0.5) is 8.78 Å². The first-order valence-corrected chi connectivity index (χ1v) is 8.74. The van der Waals surface area contributed by atoms with Crippen LogP contribution >= 0.6 is 11.6 Å². The monoisotopic (exact) mass is 385 g/mol. The number of aromatic nitrogens is 2. The Hall–Kier alpha value is -2.86. The van der Waals surface area contributed by atoms with Gasteiger partial charge in [-0.25, -0.2) is 18.7 Å². The molecule has 2 aromatic carbocycles. The molecule has 0 bridgehead atoms. The van der Waals surface area contributed by atoms with Crippen molar-refractivity contribution in [2.45, 2.75) is 13.0 Å². The summed E-state index contributed by atoms with van der Waals surface area (Å²) >= 11 is 6.00. The van der Waals surface area contributed by atoms with Gasteiger partial charge in [0.25, 0.3) is 5.91 Å². The maximum absolute atomic E-state index is 13.2. The Balaban J connectivity index is 1.56. The number of amides is 1. The van der Waals surface area contributed by atoms with Crippen molar-refractivity contribution in [3.05, 3.63) is 82.1 Å². The number of rotatable bonds is 2. The van der Waals surface area contributed by atoms with Gasteiger partial charge in [0.2, 0.25) is 0 Å². The van der Waals surface area contributed by atoms with E-state index in [2.05, 4.69) is 9.97 Å². The van der Waals surface area contributed by atoms with Gasteiger partial charge in [0, 0.05) is 36.8 Å². The molecular weight excluding hydrogens is 372 g/mol. The maximum atomic E-state index is 13.2. The van der Waals surface area contributed by atoms with Gasteiger partial charge in [-0.05, 0) is 42.5 Å². The summed E-state index contributed by atoms with van der Waals surface area (Å²) in [6.45, 7) is 0.824. The Kier molecular flexibility index (Phi) is 4.58. The Morgan fingerprint density at radius 2 is 1.81 bits per heavy atom. The minimum atomic E-state index is -0.484. The summed E-state index contributed by atoms with van der Waals surface area (Å²) in [6, 6.07) is 9.73. The van der Waals surface area contributed by atoms with Crippen LogP contribution in [0.25, 0.3) is 11.4 Å². The molecule has 4 rings (SSSR count). The topological polar surface area (TPSA) is 46.1 Å². The second-order valence-corrected chi connectivity index (χ2v) is 6.68. The minimum absolute atomic E-state index is 0.0914. The first-order valence-electron chi connectivity index (χ1n) is 8.36. The number of nitrogens with zero attached hydrogens (tertiary/aromatic N) is 3. The lowest BCUT2D eigenvalue weighted by molar-refractivity contribution is 0.0733. The highest BCUT2D eigenvalue weighted by atomic mass is 35.5. The van der Waals surface area contributed by atoms with Crippen LogP contribution in [0.15, 0.2) is 48.7 Å². The molecule has 4 nitrogen and oxygen atoms in total. The second kappa shape index (κ2) is 7.04. The molecule has 0 unspecified atom stereocenters. The number of hydrogen-bond acceptors (Lipinski definition) is 3. The van der Waals surface area contributed by atoms with Crippen LogP contribution in [-0.2, 0) is 13.0 Å². The third-order valence-corrected chi connectivity index (χ3v) is 4.80. The molecule has 1 aromatic heterocycles. The zero-order chi connectivity index (χ0) is 19.0. The van der Waals surface area contributed by atoms with E-state index in [9.17, 15) is 13.6 Å². The standard InChI is InChI=1S/C20H14ClF2N3O/c21-17-9-15(23)5-6-16(17)20(27)26-8-7-18-13(11-26)10-24-19(25-18)12-1-3-14(22)4-2-12/h1-6,9-10H,7-8,11H2. The van der Waals surface area contributed by atoms with Gasteiger partial charge in [0.05, 0.1) is 16.3 Å². The molecule has 0 N–H and O–H groups in total. The fraction of sp³-hybridized carbons (Fsp3) is 0.150. The van der Waals surface area contributed by atoms with E-state index >= 15 is 0 Å². The van der Waals surface area contributed by atoms with Crippen molar-refractivity contribution in [1.82, 2.24) is 14.9 Å². The zero-order valence-electron chi connectivity index (χ0n) is 14.1. The van der Waals surface area contributed by atoms with Crippen LogP contribution in [0, 0.1) is 11.6 Å². The third-order valence-electron chi connectivity index (χ3n) is 4.49. The summed E-state index contributed by atoms with van der Waals surface area (Å²) in [4.78, 5) is 23.2. The van der Waals surface area contributed by atoms with E-state index < -0.39 is 5.82 Å². The molecule has 136 valence electrons. The fourth-order valence-corrected chi connectivity index (χ4v) is 3.31. The van der Waals surface area contributed by atoms with E-state index in [1.54, 1.807) is 23.2 Å². The van der Waals surface area contributed by atoms with E-state index in [0.29, 0.717) is 25.3 Å². The predicted octanol–water partition coefficient (Wildman–Crippen LogP) is 4.27. The van der Waals surface area contributed by atoms with Crippen LogP contribution in [0.1, 0.15) is 21.6 Å².